The summed E-state index contributed by atoms with van der Waals surface area (Å²) < 4.78 is 74.6. The zero-order valence-electron chi connectivity index (χ0n) is 33.5. The summed E-state index contributed by atoms with van der Waals surface area (Å²) in [4.78, 5) is 45.4. The predicted molar refractivity (Wildman–Crippen MR) is 227 cm³/mol. The van der Waals surface area contributed by atoms with Crippen LogP contribution in [-0.4, -0.2) is 114 Å². The summed E-state index contributed by atoms with van der Waals surface area (Å²) >= 11 is 0. The number of carbonyl (C=O) groups is 2. The molecule has 5 aromatic rings. The number of sulfonamides is 2. The Morgan fingerprint density at radius 2 is 1.46 bits per heavy atom. The van der Waals surface area contributed by atoms with Crippen LogP contribution in [0, 0.1) is 0 Å². The van der Waals surface area contributed by atoms with Crippen LogP contribution in [0.5, 0.6) is 0 Å². The van der Waals surface area contributed by atoms with Gasteiger partial charge in [0, 0.05) is 63.9 Å². The number of rotatable bonds is 26. The van der Waals surface area contributed by atoms with Gasteiger partial charge < -0.3 is 45.2 Å². The van der Waals surface area contributed by atoms with Crippen LogP contribution in [0.3, 0.4) is 0 Å². The van der Waals surface area contributed by atoms with Crippen LogP contribution in [-0.2, 0) is 52.6 Å². The number of fused-ring (bicyclic) bond motifs is 1. The molecule has 0 saturated heterocycles. The second-order valence-electron chi connectivity index (χ2n) is 13.6. The van der Waals surface area contributed by atoms with Crippen LogP contribution in [0.15, 0.2) is 99.9 Å². The van der Waals surface area contributed by atoms with Gasteiger partial charge in [0.1, 0.15) is 11.6 Å². The minimum Gasteiger partial charge on any atom is -0.480 e. The number of anilines is 1. The molecule has 1 atom stereocenters. The third kappa shape index (κ3) is 13.5. The number of hydrogen-bond acceptors (Lipinski definition) is 13. The zero-order valence-corrected chi connectivity index (χ0v) is 35.1. The molecule has 328 valence electrons. The third-order valence-electron chi connectivity index (χ3n) is 9.18. The molecule has 2 heterocycles. The summed E-state index contributed by atoms with van der Waals surface area (Å²) in [7, 11) is -6.55. The molecule has 8 N–H and O–H groups in total. The lowest BCUT2D eigenvalue weighted by atomic mass is 10.1. The van der Waals surface area contributed by atoms with E-state index in [-0.39, 0.29) is 27.3 Å². The predicted octanol–water partition coefficient (Wildman–Crippen LogP) is 1.77. The Morgan fingerprint density at radius 1 is 0.852 bits per heavy atom. The van der Waals surface area contributed by atoms with Crippen LogP contribution < -0.4 is 31.2 Å². The van der Waals surface area contributed by atoms with Gasteiger partial charge in [-0.25, -0.2) is 26.5 Å². The standard InChI is InChI=1S/C40H50N8O11S2/c1-48-27-34(37(49)33-13-4-28(24-36(33)48)25-45-40-42-16-17-43-40)38(50)44-26-35(39(51)52)47-61(55,56)32-11-7-30(8-12-32)29-5-9-31(10-6-29)60(53,54)46-15-3-19-58-21-23-59-22-20-57-18-2-14-41/h4-13,16-17,24,27,35,46-47H,2-3,14-15,18-23,25-26,41H2,1H3,(H,44,50)(H,51,52)(H2,42,43,45)/t35-/m0/s1. The second-order valence-corrected chi connectivity index (χ2v) is 17.1. The number of imidazole rings is 1. The van der Waals surface area contributed by atoms with Crippen molar-refractivity contribution in [2.24, 2.45) is 12.8 Å². The molecule has 0 radical (unpaired) electrons. The van der Waals surface area contributed by atoms with Crippen LogP contribution in [0.25, 0.3) is 22.0 Å². The molecular weight excluding hydrogens is 833 g/mol. The highest BCUT2D eigenvalue weighted by Gasteiger charge is 2.27. The average molecular weight is 883 g/mol. The van der Waals surface area contributed by atoms with Gasteiger partial charge in [0.2, 0.25) is 25.5 Å². The Bertz CT molecular complexity index is 2500. The van der Waals surface area contributed by atoms with Crippen molar-refractivity contribution in [3.63, 3.8) is 0 Å². The molecule has 0 unspecified atom stereocenters. The molecule has 2 aromatic heterocycles. The Morgan fingerprint density at radius 3 is 2.05 bits per heavy atom. The molecule has 0 saturated carbocycles. The SMILES string of the molecule is Cn1cc(C(=O)NC[C@H](NS(=O)(=O)c2ccc(-c3ccc(S(=O)(=O)NCCCOCCOCCOCCCN)cc3)cc2)C(=O)O)c(=O)c2ccc(CNc3ncc[nH]3)cc21. The number of benzene rings is 3. The van der Waals surface area contributed by atoms with Crippen molar-refractivity contribution in [1.82, 2.24) is 29.3 Å². The summed E-state index contributed by atoms with van der Waals surface area (Å²) in [5, 5.41) is 15.6. The summed E-state index contributed by atoms with van der Waals surface area (Å²) in [5.74, 6) is -1.86. The molecule has 5 rings (SSSR count). The second kappa shape index (κ2) is 22.4. The van der Waals surface area contributed by atoms with Crippen LogP contribution in [0.4, 0.5) is 5.95 Å². The Balaban J connectivity index is 1.10. The maximum Gasteiger partial charge on any atom is 0.323 e. The molecule has 0 fully saturated rings. The van der Waals surface area contributed by atoms with Gasteiger partial charge in [-0.3, -0.25) is 14.4 Å². The molecule has 19 nitrogen and oxygen atoms in total. The number of ether oxygens (including phenoxy) is 3. The van der Waals surface area contributed by atoms with Crippen molar-refractivity contribution in [2.75, 3.05) is 64.6 Å². The first-order valence-electron chi connectivity index (χ1n) is 19.3. The van der Waals surface area contributed by atoms with E-state index in [1.807, 2.05) is 0 Å². The smallest absolute Gasteiger partial charge is 0.323 e. The van der Waals surface area contributed by atoms with Crippen molar-refractivity contribution in [1.29, 1.82) is 0 Å². The number of aliphatic carboxylic acids is 1. The zero-order chi connectivity index (χ0) is 43.8. The molecule has 0 spiro atoms. The van der Waals surface area contributed by atoms with Gasteiger partial charge >= 0.3 is 5.97 Å². The van der Waals surface area contributed by atoms with Crippen LogP contribution >= 0.6 is 0 Å². The lowest BCUT2D eigenvalue weighted by Gasteiger charge is -2.16. The molecule has 0 bridgehead atoms. The number of aromatic amines is 1. The molecule has 0 aliphatic rings. The Labute approximate surface area is 353 Å². The van der Waals surface area contributed by atoms with E-state index in [0.29, 0.717) is 81.7 Å². The number of aryl methyl sites for hydroxylation is 1. The molecule has 3 aromatic carbocycles. The first-order chi connectivity index (χ1) is 29.3. The summed E-state index contributed by atoms with van der Waals surface area (Å²) in [6.07, 6.45) is 5.87. The van der Waals surface area contributed by atoms with E-state index in [0.717, 1.165) is 12.0 Å². The lowest BCUT2D eigenvalue weighted by Crippen LogP contribution is -2.48. The third-order valence-corrected chi connectivity index (χ3v) is 12.1. The molecule has 21 heteroatoms. The minimum atomic E-state index is -4.40. The number of carbonyl (C=O) groups excluding carboxylic acids is 1. The number of hydrogen-bond donors (Lipinski definition) is 7. The first-order valence-corrected chi connectivity index (χ1v) is 22.3. The van der Waals surface area contributed by atoms with Gasteiger partial charge in [0.25, 0.3) is 5.91 Å². The first kappa shape index (κ1) is 46.5. The Hall–Kier alpha value is -5.52. The fraction of sp³-hybridized carbons (Fsp3) is 0.350. The number of nitrogens with zero attached hydrogens (tertiary/aromatic N) is 2. The van der Waals surface area contributed by atoms with E-state index in [9.17, 15) is 36.3 Å². The summed E-state index contributed by atoms with van der Waals surface area (Å²) in [6, 6.07) is 14.9. The quantitative estimate of drug-likeness (QED) is 0.0390. The summed E-state index contributed by atoms with van der Waals surface area (Å²) in [6.45, 7) is 3.14. The molecule has 0 aliphatic heterocycles. The van der Waals surface area contributed by atoms with Crippen molar-refractivity contribution < 1.29 is 45.7 Å². The number of aromatic nitrogens is 3. The van der Waals surface area contributed by atoms with Gasteiger partial charge in [-0.2, -0.15) is 4.72 Å². The fourth-order valence-electron chi connectivity index (χ4n) is 5.92. The van der Waals surface area contributed by atoms with E-state index >= 15 is 0 Å². The van der Waals surface area contributed by atoms with Crippen molar-refractivity contribution in [3.8, 4) is 11.1 Å². The maximum atomic E-state index is 13.3. The number of nitrogens with one attached hydrogen (secondary N) is 5. The molecule has 61 heavy (non-hydrogen) atoms. The fourth-order valence-corrected chi connectivity index (χ4v) is 8.18. The molecular formula is C40H50N8O11S2. The number of carboxylic acid groups (broad SMARTS) is 1. The topological polar surface area (TPSA) is 275 Å². The number of carboxylic acids is 1. The van der Waals surface area contributed by atoms with E-state index in [4.69, 9.17) is 19.9 Å². The van der Waals surface area contributed by atoms with E-state index in [1.165, 1.54) is 42.6 Å². The van der Waals surface area contributed by atoms with E-state index < -0.39 is 49.9 Å². The maximum absolute atomic E-state index is 13.3. The minimum absolute atomic E-state index is 0.0414. The van der Waals surface area contributed by atoms with E-state index in [2.05, 4.69) is 30.0 Å². The number of amides is 1. The highest BCUT2D eigenvalue weighted by Crippen LogP contribution is 2.23. The van der Waals surface area contributed by atoms with Gasteiger partial charge in [-0.15, -0.1) is 0 Å². The molecule has 0 aliphatic carbocycles. The Kier molecular flexibility index (Phi) is 17.1. The van der Waals surface area contributed by atoms with Crippen LogP contribution in [0.1, 0.15) is 28.8 Å². The largest absolute Gasteiger partial charge is 0.480 e. The number of nitrogens with two attached hydrogens (primary N) is 1. The average Bonchev–Trinajstić information content (AvgIpc) is 3.78. The monoisotopic (exact) mass is 882 g/mol. The van der Waals surface area contributed by atoms with E-state index in [1.54, 1.807) is 54.3 Å². The van der Waals surface area contributed by atoms with Gasteiger partial charge in [0.05, 0.1) is 41.7 Å². The molecule has 1 amide bonds. The van der Waals surface area contributed by atoms with Crippen molar-refractivity contribution in [3.05, 3.63) is 107 Å². The van der Waals surface area contributed by atoms with Gasteiger partial charge in [-0.05, 0) is 72.5 Å². The van der Waals surface area contributed by atoms with Crippen molar-refractivity contribution >= 4 is 48.8 Å². The highest BCUT2D eigenvalue weighted by molar-refractivity contribution is 7.89. The normalized spacial score (nSPS) is 12.4. The highest BCUT2D eigenvalue weighted by atomic mass is 32.2. The summed E-state index contributed by atoms with van der Waals surface area (Å²) in [5.41, 5.74) is 7.14. The van der Waals surface area contributed by atoms with Crippen LogP contribution in [0.2, 0.25) is 0 Å². The number of pyridine rings is 1. The van der Waals surface area contributed by atoms with Gasteiger partial charge in [0.15, 0.2) is 5.95 Å². The van der Waals surface area contributed by atoms with Crippen molar-refractivity contribution in [2.45, 2.75) is 35.2 Å². The number of H-pyrrole nitrogens is 1. The van der Waals surface area contributed by atoms with Gasteiger partial charge in [-0.1, -0.05) is 30.3 Å². The lowest BCUT2D eigenvalue weighted by molar-refractivity contribution is -0.138.